The van der Waals surface area contributed by atoms with Gasteiger partial charge in [-0.3, -0.25) is 9.59 Å². The molecule has 1 amide bonds. The Kier molecular flexibility index (Phi) is 5.68. The molecule has 0 unspecified atom stereocenters. The minimum atomic E-state index is -0.0377. The van der Waals surface area contributed by atoms with Gasteiger partial charge in [-0.1, -0.05) is 0 Å². The molecule has 0 atom stereocenters. The van der Waals surface area contributed by atoms with Gasteiger partial charge >= 0.3 is 0 Å². The van der Waals surface area contributed by atoms with Crippen LogP contribution >= 0.6 is 23.1 Å². The van der Waals surface area contributed by atoms with E-state index in [0.717, 1.165) is 40.9 Å². The molecule has 1 aromatic carbocycles. The standard InChI is InChI=1S/C20H21N3O3S2/c1-26-13-7-5-12(6-8-13)21-17(24)9-10-27-11-16-22-19(25)18-14-3-2-4-15(14)28-20(18)23-16/h5-8H,2-4,9-11H2,1H3,(H,21,24)(H,22,23,25). The minimum Gasteiger partial charge on any atom is -0.497 e. The van der Waals surface area contributed by atoms with Crippen molar-refractivity contribution in [2.75, 3.05) is 18.2 Å². The number of aryl methyl sites for hydroxylation is 2. The third-order valence-electron chi connectivity index (χ3n) is 4.71. The number of ether oxygens (including phenoxy) is 1. The molecule has 6 nitrogen and oxygen atoms in total. The number of aromatic amines is 1. The maximum atomic E-state index is 12.4. The van der Waals surface area contributed by atoms with E-state index in [4.69, 9.17) is 4.74 Å². The highest BCUT2D eigenvalue weighted by Crippen LogP contribution is 2.34. The lowest BCUT2D eigenvalue weighted by Gasteiger charge is -2.06. The van der Waals surface area contributed by atoms with E-state index in [-0.39, 0.29) is 11.5 Å². The zero-order valence-corrected chi connectivity index (χ0v) is 17.2. The van der Waals surface area contributed by atoms with Crippen molar-refractivity contribution in [3.05, 3.63) is 50.9 Å². The van der Waals surface area contributed by atoms with Gasteiger partial charge in [-0.05, 0) is 49.1 Å². The van der Waals surface area contributed by atoms with Gasteiger partial charge in [0.15, 0.2) is 0 Å². The highest BCUT2D eigenvalue weighted by molar-refractivity contribution is 7.98. The molecule has 4 rings (SSSR count). The van der Waals surface area contributed by atoms with Gasteiger partial charge < -0.3 is 15.0 Å². The van der Waals surface area contributed by atoms with Gasteiger partial charge in [0.1, 0.15) is 16.4 Å². The summed E-state index contributed by atoms with van der Waals surface area (Å²) >= 11 is 3.24. The van der Waals surface area contributed by atoms with Crippen molar-refractivity contribution in [3.8, 4) is 5.75 Å². The zero-order chi connectivity index (χ0) is 19.5. The SMILES string of the molecule is COc1ccc(NC(=O)CCSCc2nc3sc4c(c3c(=O)[nH]2)CCC4)cc1. The summed E-state index contributed by atoms with van der Waals surface area (Å²) in [6.07, 6.45) is 3.57. The summed E-state index contributed by atoms with van der Waals surface area (Å²) in [7, 11) is 1.61. The molecule has 0 spiro atoms. The Bertz CT molecular complexity index is 1060. The number of fused-ring (bicyclic) bond motifs is 3. The number of hydrogen-bond acceptors (Lipinski definition) is 6. The third-order valence-corrected chi connectivity index (χ3v) is 6.87. The molecule has 0 aliphatic heterocycles. The molecule has 146 valence electrons. The number of benzene rings is 1. The van der Waals surface area contributed by atoms with Crippen LogP contribution in [0.15, 0.2) is 29.1 Å². The van der Waals surface area contributed by atoms with Crippen LogP contribution in [0, 0.1) is 0 Å². The second kappa shape index (κ2) is 8.36. The van der Waals surface area contributed by atoms with Gasteiger partial charge in [-0.15, -0.1) is 11.3 Å². The van der Waals surface area contributed by atoms with Crippen LogP contribution in [-0.2, 0) is 23.4 Å². The third kappa shape index (κ3) is 4.07. The lowest BCUT2D eigenvalue weighted by Crippen LogP contribution is -2.13. The van der Waals surface area contributed by atoms with Gasteiger partial charge in [0, 0.05) is 22.7 Å². The number of H-pyrrole nitrogens is 1. The van der Waals surface area contributed by atoms with Crippen molar-refractivity contribution in [1.82, 2.24) is 9.97 Å². The summed E-state index contributed by atoms with van der Waals surface area (Å²) in [4.78, 5) is 34.2. The largest absolute Gasteiger partial charge is 0.497 e. The highest BCUT2D eigenvalue weighted by Gasteiger charge is 2.21. The van der Waals surface area contributed by atoms with Crippen LogP contribution in [0.5, 0.6) is 5.75 Å². The number of amides is 1. The van der Waals surface area contributed by atoms with Crippen molar-refractivity contribution >= 4 is 44.9 Å². The van der Waals surface area contributed by atoms with Gasteiger partial charge in [0.25, 0.3) is 5.56 Å². The number of methoxy groups -OCH3 is 1. The van der Waals surface area contributed by atoms with Gasteiger partial charge in [0.05, 0.1) is 18.2 Å². The first kappa shape index (κ1) is 19.0. The zero-order valence-electron chi connectivity index (χ0n) is 15.5. The molecule has 2 heterocycles. The average molecular weight is 416 g/mol. The van der Waals surface area contributed by atoms with E-state index >= 15 is 0 Å². The van der Waals surface area contributed by atoms with Gasteiger partial charge in [-0.2, -0.15) is 11.8 Å². The van der Waals surface area contributed by atoms with Crippen molar-refractivity contribution in [2.24, 2.45) is 0 Å². The van der Waals surface area contributed by atoms with E-state index in [2.05, 4.69) is 15.3 Å². The van der Waals surface area contributed by atoms with Crippen LogP contribution in [0.4, 0.5) is 5.69 Å². The average Bonchev–Trinajstić information content (AvgIpc) is 3.26. The molecule has 0 fully saturated rings. The van der Waals surface area contributed by atoms with E-state index in [9.17, 15) is 9.59 Å². The number of thiophene rings is 1. The summed E-state index contributed by atoms with van der Waals surface area (Å²) in [5, 5.41) is 3.65. The predicted octanol–water partition coefficient (Wildman–Crippen LogP) is 3.74. The van der Waals surface area contributed by atoms with Crippen LogP contribution in [0.3, 0.4) is 0 Å². The second-order valence-electron chi connectivity index (χ2n) is 6.63. The molecule has 0 saturated heterocycles. The molecule has 0 saturated carbocycles. The predicted molar refractivity (Wildman–Crippen MR) is 115 cm³/mol. The Morgan fingerprint density at radius 2 is 2.14 bits per heavy atom. The fourth-order valence-corrected chi connectivity index (χ4v) is 5.43. The van der Waals surface area contributed by atoms with E-state index in [0.29, 0.717) is 23.8 Å². The summed E-state index contributed by atoms with van der Waals surface area (Å²) in [5.74, 6) is 2.64. The minimum absolute atomic E-state index is 0.0303. The van der Waals surface area contributed by atoms with Crippen LogP contribution in [0.25, 0.3) is 10.2 Å². The fraction of sp³-hybridized carbons (Fsp3) is 0.350. The number of rotatable bonds is 7. The smallest absolute Gasteiger partial charge is 0.259 e. The molecule has 2 aromatic heterocycles. The van der Waals surface area contributed by atoms with Crippen LogP contribution < -0.4 is 15.6 Å². The van der Waals surface area contributed by atoms with Crippen LogP contribution in [-0.4, -0.2) is 28.7 Å². The second-order valence-corrected chi connectivity index (χ2v) is 8.82. The summed E-state index contributed by atoms with van der Waals surface area (Å²) < 4.78 is 5.10. The van der Waals surface area contributed by atoms with Crippen molar-refractivity contribution in [1.29, 1.82) is 0 Å². The monoisotopic (exact) mass is 415 g/mol. The van der Waals surface area contributed by atoms with Crippen LogP contribution in [0.2, 0.25) is 0 Å². The molecule has 3 aromatic rings. The number of anilines is 1. The lowest BCUT2D eigenvalue weighted by atomic mass is 10.2. The molecule has 0 bridgehead atoms. The van der Waals surface area contributed by atoms with Crippen molar-refractivity contribution < 1.29 is 9.53 Å². The fourth-order valence-electron chi connectivity index (χ4n) is 3.35. The molecule has 1 aliphatic rings. The number of carbonyl (C=O) groups is 1. The van der Waals surface area contributed by atoms with E-state index in [1.54, 1.807) is 30.2 Å². The number of hydrogen-bond donors (Lipinski definition) is 2. The maximum absolute atomic E-state index is 12.4. The number of thioether (sulfide) groups is 1. The van der Waals surface area contributed by atoms with Crippen molar-refractivity contribution in [2.45, 2.75) is 31.4 Å². The quantitative estimate of drug-likeness (QED) is 0.574. The molecular weight excluding hydrogens is 394 g/mol. The Hall–Kier alpha value is -2.32. The van der Waals surface area contributed by atoms with E-state index in [1.807, 2.05) is 24.3 Å². The molecule has 28 heavy (non-hydrogen) atoms. The topological polar surface area (TPSA) is 84.1 Å². The van der Waals surface area contributed by atoms with Gasteiger partial charge in [0.2, 0.25) is 5.91 Å². The Morgan fingerprint density at radius 3 is 2.93 bits per heavy atom. The summed E-state index contributed by atoms with van der Waals surface area (Å²) in [6, 6.07) is 7.24. The van der Waals surface area contributed by atoms with Crippen LogP contribution in [0.1, 0.15) is 29.1 Å². The Morgan fingerprint density at radius 1 is 1.32 bits per heavy atom. The maximum Gasteiger partial charge on any atom is 0.259 e. The number of nitrogens with zero attached hydrogens (tertiary/aromatic N) is 1. The summed E-state index contributed by atoms with van der Waals surface area (Å²) in [6.45, 7) is 0. The number of aromatic nitrogens is 2. The normalized spacial score (nSPS) is 12.9. The molecule has 0 radical (unpaired) electrons. The Balaban J connectivity index is 1.29. The lowest BCUT2D eigenvalue weighted by molar-refractivity contribution is -0.115. The molecular formula is C20H21N3O3S2. The first-order valence-corrected chi connectivity index (χ1v) is 11.2. The van der Waals surface area contributed by atoms with Crippen molar-refractivity contribution in [3.63, 3.8) is 0 Å². The highest BCUT2D eigenvalue weighted by atomic mass is 32.2. The first-order chi connectivity index (χ1) is 13.6. The number of nitrogens with one attached hydrogen (secondary N) is 2. The molecule has 8 heteroatoms. The Labute approximate surface area is 170 Å². The summed E-state index contributed by atoms with van der Waals surface area (Å²) in [5.41, 5.74) is 1.92. The molecule has 2 N–H and O–H groups in total. The number of carbonyl (C=O) groups excluding carboxylic acids is 1. The molecule has 1 aliphatic carbocycles. The van der Waals surface area contributed by atoms with Gasteiger partial charge in [-0.25, -0.2) is 4.98 Å². The van der Waals surface area contributed by atoms with E-state index < -0.39 is 0 Å². The van der Waals surface area contributed by atoms with E-state index in [1.165, 1.54) is 10.4 Å². The first-order valence-electron chi connectivity index (χ1n) is 9.19.